The van der Waals surface area contributed by atoms with Gasteiger partial charge in [-0.1, -0.05) is 32.4 Å². The zero-order valence-corrected chi connectivity index (χ0v) is 24.0. The van der Waals surface area contributed by atoms with E-state index in [4.69, 9.17) is 4.74 Å². The number of hydrogen-bond donors (Lipinski definition) is 1. The fourth-order valence-electron chi connectivity index (χ4n) is 9.46. The van der Waals surface area contributed by atoms with Gasteiger partial charge in [0, 0.05) is 6.92 Å². The third kappa shape index (κ3) is 4.91. The van der Waals surface area contributed by atoms with Gasteiger partial charge in [0.15, 0.2) is 0 Å². The minimum absolute atomic E-state index is 0.0283. The first kappa shape index (κ1) is 29.0. The van der Waals surface area contributed by atoms with E-state index in [1.165, 1.54) is 39.2 Å². The van der Waals surface area contributed by atoms with Crippen LogP contribution in [0.3, 0.4) is 0 Å². The van der Waals surface area contributed by atoms with E-state index in [2.05, 4.69) is 26.8 Å². The van der Waals surface area contributed by atoms with Crippen LogP contribution in [0.15, 0.2) is 11.6 Å². The molecule has 0 bridgehead atoms. The number of halogens is 3. The number of aliphatic hydroxyl groups is 1. The monoisotopic (exact) mass is 526 g/mol. The number of fused-ring (bicyclic) bond motifs is 5. The van der Waals surface area contributed by atoms with Crippen LogP contribution in [-0.4, -0.2) is 29.0 Å². The lowest BCUT2D eigenvalue weighted by atomic mass is 9.46. The second kappa shape index (κ2) is 9.55. The number of carbonyl (C=O) groups excluding carboxylic acids is 1. The van der Waals surface area contributed by atoms with Crippen molar-refractivity contribution in [3.8, 4) is 0 Å². The van der Waals surface area contributed by atoms with Crippen LogP contribution < -0.4 is 0 Å². The quantitative estimate of drug-likeness (QED) is 0.280. The maximum Gasteiger partial charge on any atom is 0.397 e. The van der Waals surface area contributed by atoms with Crippen molar-refractivity contribution in [2.45, 2.75) is 131 Å². The van der Waals surface area contributed by atoms with Crippen LogP contribution in [0.25, 0.3) is 0 Å². The van der Waals surface area contributed by atoms with E-state index in [0.717, 1.165) is 38.5 Å². The Balaban J connectivity index is 1.48. The topological polar surface area (TPSA) is 46.5 Å². The van der Waals surface area contributed by atoms with Crippen LogP contribution in [0.2, 0.25) is 0 Å². The average molecular weight is 527 g/mol. The molecule has 0 saturated heterocycles. The van der Waals surface area contributed by atoms with Gasteiger partial charge in [0.25, 0.3) is 0 Å². The zero-order valence-electron chi connectivity index (χ0n) is 24.0. The first-order chi connectivity index (χ1) is 16.9. The van der Waals surface area contributed by atoms with Crippen molar-refractivity contribution in [1.29, 1.82) is 0 Å². The summed E-state index contributed by atoms with van der Waals surface area (Å²) < 4.78 is 47.6. The molecule has 0 spiro atoms. The highest BCUT2D eigenvalue weighted by Crippen LogP contribution is 2.68. The summed E-state index contributed by atoms with van der Waals surface area (Å²) in [6, 6.07) is 0. The van der Waals surface area contributed by atoms with Crippen molar-refractivity contribution in [1.82, 2.24) is 0 Å². The molecule has 37 heavy (non-hydrogen) atoms. The molecule has 1 unspecified atom stereocenters. The Kier molecular flexibility index (Phi) is 7.48. The number of ether oxygens (including phenoxy) is 1. The highest BCUT2D eigenvalue weighted by atomic mass is 19.4. The van der Waals surface area contributed by atoms with Crippen molar-refractivity contribution in [3.63, 3.8) is 0 Å². The molecule has 0 radical (unpaired) electrons. The van der Waals surface area contributed by atoms with Gasteiger partial charge in [0.05, 0.1) is 11.0 Å². The van der Waals surface area contributed by atoms with Gasteiger partial charge in [-0.25, -0.2) is 0 Å². The summed E-state index contributed by atoms with van der Waals surface area (Å²) in [6.45, 7) is 12.8. The molecule has 0 heterocycles. The molecule has 0 aromatic heterocycles. The van der Waals surface area contributed by atoms with Crippen LogP contribution in [-0.2, 0) is 9.53 Å². The van der Waals surface area contributed by atoms with Crippen molar-refractivity contribution in [3.05, 3.63) is 11.6 Å². The number of rotatable bonds is 6. The molecule has 4 aliphatic rings. The molecule has 0 amide bonds. The fraction of sp³-hybridized carbons (Fsp3) is 0.903. The Morgan fingerprint density at radius 2 is 1.78 bits per heavy atom. The predicted molar refractivity (Wildman–Crippen MR) is 140 cm³/mol. The fourth-order valence-corrected chi connectivity index (χ4v) is 9.46. The largest absolute Gasteiger partial charge is 0.462 e. The Hall–Kier alpha value is -1.04. The van der Waals surface area contributed by atoms with Crippen molar-refractivity contribution in [2.75, 3.05) is 0 Å². The van der Waals surface area contributed by atoms with Crippen molar-refractivity contribution < 1.29 is 27.8 Å². The summed E-state index contributed by atoms with van der Waals surface area (Å²) in [5.41, 5.74) is -0.835. The molecule has 212 valence electrons. The van der Waals surface area contributed by atoms with Crippen molar-refractivity contribution >= 4 is 5.97 Å². The summed E-state index contributed by atoms with van der Waals surface area (Å²) in [4.78, 5) is 11.4. The normalized spacial score (nSPS) is 42.9. The lowest BCUT2D eigenvalue weighted by molar-refractivity contribution is -0.253. The minimum atomic E-state index is -4.44. The molecular formula is C31H49F3O3. The number of hydrogen-bond acceptors (Lipinski definition) is 3. The van der Waals surface area contributed by atoms with Gasteiger partial charge >= 0.3 is 12.1 Å². The highest BCUT2D eigenvalue weighted by molar-refractivity contribution is 5.66. The lowest BCUT2D eigenvalue weighted by Gasteiger charge is -2.59. The van der Waals surface area contributed by atoms with Crippen molar-refractivity contribution in [2.24, 2.45) is 45.8 Å². The second-order valence-corrected chi connectivity index (χ2v) is 14.3. The summed E-state index contributed by atoms with van der Waals surface area (Å²) in [5, 5.41) is 10.7. The molecular weight excluding hydrogens is 477 g/mol. The molecule has 0 aliphatic heterocycles. The Morgan fingerprint density at radius 3 is 2.41 bits per heavy atom. The summed E-state index contributed by atoms with van der Waals surface area (Å²) >= 11 is 0. The summed E-state index contributed by atoms with van der Waals surface area (Å²) in [7, 11) is 0. The third-order valence-corrected chi connectivity index (χ3v) is 12.1. The van der Waals surface area contributed by atoms with Crippen LogP contribution in [0, 0.1) is 45.8 Å². The molecule has 3 nitrogen and oxygen atoms in total. The molecule has 6 heteroatoms. The lowest BCUT2D eigenvalue weighted by Crippen LogP contribution is -2.52. The Bertz CT molecular complexity index is 910. The van der Waals surface area contributed by atoms with E-state index in [1.807, 2.05) is 6.92 Å². The SMILES string of the molecule is CC(=O)OC(C)[C@@](C)(CC[C@@H](C)[C@H]1CC[C@H]2[C@@H]3CC=C4C[C@@](C)(O)CC[C@]4(C)[C@H]3CC[C@]12C)C(F)(F)F. The van der Waals surface area contributed by atoms with E-state index in [-0.39, 0.29) is 23.2 Å². The Morgan fingerprint density at radius 1 is 1.11 bits per heavy atom. The van der Waals surface area contributed by atoms with E-state index < -0.39 is 29.3 Å². The molecule has 3 fully saturated rings. The van der Waals surface area contributed by atoms with Gasteiger partial charge in [-0.15, -0.1) is 0 Å². The van der Waals surface area contributed by atoms with Gasteiger partial charge in [0.1, 0.15) is 6.10 Å². The summed E-state index contributed by atoms with van der Waals surface area (Å²) in [6.07, 6.45) is 5.63. The molecule has 3 saturated carbocycles. The van der Waals surface area contributed by atoms with Crippen LogP contribution in [0.1, 0.15) is 113 Å². The number of allylic oxidation sites excluding steroid dienone is 1. The summed E-state index contributed by atoms with van der Waals surface area (Å²) in [5.74, 6) is 1.84. The zero-order chi connectivity index (χ0) is 27.6. The van der Waals surface area contributed by atoms with Gasteiger partial charge in [-0.05, 0) is 125 Å². The highest BCUT2D eigenvalue weighted by Gasteiger charge is 2.60. The van der Waals surface area contributed by atoms with Crippen LogP contribution >= 0.6 is 0 Å². The maximum atomic E-state index is 14.2. The van der Waals surface area contributed by atoms with Gasteiger partial charge in [-0.3, -0.25) is 4.79 Å². The molecule has 1 N–H and O–H groups in total. The van der Waals surface area contributed by atoms with Gasteiger partial charge in [0.2, 0.25) is 0 Å². The smallest absolute Gasteiger partial charge is 0.397 e. The maximum absolute atomic E-state index is 14.2. The average Bonchev–Trinajstić information content (AvgIpc) is 3.13. The second-order valence-electron chi connectivity index (χ2n) is 14.3. The van der Waals surface area contributed by atoms with Gasteiger partial charge < -0.3 is 9.84 Å². The first-order valence-corrected chi connectivity index (χ1v) is 14.6. The molecule has 4 rings (SSSR count). The molecule has 10 atom stereocenters. The number of carbonyl (C=O) groups is 1. The van der Waals surface area contributed by atoms with Gasteiger partial charge in [-0.2, -0.15) is 13.2 Å². The van der Waals surface area contributed by atoms with E-state index >= 15 is 0 Å². The molecule has 0 aromatic rings. The van der Waals surface area contributed by atoms with Crippen LogP contribution in [0.4, 0.5) is 13.2 Å². The predicted octanol–water partition coefficient (Wildman–Crippen LogP) is 8.25. The van der Waals surface area contributed by atoms with Crippen LogP contribution in [0.5, 0.6) is 0 Å². The number of alkyl halides is 3. The standard InChI is InChI=1S/C31H49F3O3/c1-19(12-15-30(7,31(32,33)34)20(2)37-21(3)35)24-10-11-25-23-9-8-22-18-27(4,36)16-17-28(22,5)26(23)13-14-29(24,25)6/h8,19-20,23-26,36H,9-18H2,1-7H3/t19-,20?,23+,24-,25+,26+,27+,28+,29-,30-/m1/s1. The molecule has 0 aromatic carbocycles. The van der Waals surface area contributed by atoms with E-state index in [1.54, 1.807) is 0 Å². The first-order valence-electron chi connectivity index (χ1n) is 14.6. The number of esters is 1. The van der Waals surface area contributed by atoms with E-state index in [9.17, 15) is 23.1 Å². The third-order valence-electron chi connectivity index (χ3n) is 12.1. The van der Waals surface area contributed by atoms with E-state index in [0.29, 0.717) is 30.1 Å². The molecule has 4 aliphatic carbocycles. The Labute approximate surface area is 222 Å². The minimum Gasteiger partial charge on any atom is -0.462 e.